The molecule has 3 N–H and O–H groups in total. The van der Waals surface area contributed by atoms with Gasteiger partial charge in [0.2, 0.25) is 0 Å². The van der Waals surface area contributed by atoms with Crippen molar-refractivity contribution in [1.82, 2.24) is 9.97 Å². The Bertz CT molecular complexity index is 512. The number of nitrogens with zero attached hydrogens (tertiary/aromatic N) is 2. The van der Waals surface area contributed by atoms with Gasteiger partial charge in [0.1, 0.15) is 18.0 Å². The second-order valence-electron chi connectivity index (χ2n) is 3.62. The fourth-order valence-corrected chi connectivity index (χ4v) is 2.91. The molecule has 17 heavy (non-hydrogen) atoms. The number of halogens is 1. The van der Waals surface area contributed by atoms with Gasteiger partial charge in [-0.15, -0.1) is 11.3 Å². The monoisotopic (exact) mass is 312 g/mol. The highest BCUT2D eigenvalue weighted by Gasteiger charge is 2.03. The number of rotatable bonds is 4. The topological polar surface area (TPSA) is 63.8 Å². The van der Waals surface area contributed by atoms with E-state index in [1.165, 1.54) is 11.2 Å². The largest absolute Gasteiger partial charge is 0.383 e. The molecular weight excluding hydrogens is 300 g/mol. The summed E-state index contributed by atoms with van der Waals surface area (Å²) >= 11 is 5.20. The summed E-state index contributed by atoms with van der Waals surface area (Å²) in [6.07, 6.45) is 2.45. The van der Waals surface area contributed by atoms with Gasteiger partial charge in [-0.3, -0.25) is 0 Å². The molecule has 0 fully saturated rings. The summed E-state index contributed by atoms with van der Waals surface area (Å²) < 4.78 is 1.16. The molecule has 0 radical (unpaired) electrons. The number of anilines is 2. The van der Waals surface area contributed by atoms with Crippen LogP contribution < -0.4 is 11.1 Å². The molecule has 0 aliphatic carbocycles. The summed E-state index contributed by atoms with van der Waals surface area (Å²) in [4.78, 5) is 9.44. The number of hydrogen-bond donors (Lipinski definition) is 2. The van der Waals surface area contributed by atoms with Gasteiger partial charge in [-0.05, 0) is 41.4 Å². The Morgan fingerprint density at radius 3 is 2.94 bits per heavy atom. The van der Waals surface area contributed by atoms with Crippen LogP contribution in [0.25, 0.3) is 0 Å². The highest BCUT2D eigenvalue weighted by Crippen LogP contribution is 2.22. The zero-order valence-electron chi connectivity index (χ0n) is 9.40. The van der Waals surface area contributed by atoms with Crippen molar-refractivity contribution in [3.8, 4) is 0 Å². The first kappa shape index (κ1) is 12.3. The van der Waals surface area contributed by atoms with Crippen molar-refractivity contribution in [1.29, 1.82) is 0 Å². The zero-order chi connectivity index (χ0) is 12.3. The average molecular weight is 313 g/mol. The number of nitrogen functional groups attached to an aromatic ring is 1. The predicted octanol–water partition coefficient (Wildman–Crippen LogP) is 2.85. The van der Waals surface area contributed by atoms with Crippen molar-refractivity contribution in [3.63, 3.8) is 0 Å². The molecule has 0 aromatic carbocycles. The maximum Gasteiger partial charge on any atom is 0.134 e. The molecule has 2 heterocycles. The highest BCUT2D eigenvalue weighted by molar-refractivity contribution is 9.11. The Kier molecular flexibility index (Phi) is 3.96. The van der Waals surface area contributed by atoms with Gasteiger partial charge in [0.15, 0.2) is 0 Å². The van der Waals surface area contributed by atoms with E-state index in [1.807, 2.05) is 6.92 Å². The van der Waals surface area contributed by atoms with E-state index in [-0.39, 0.29) is 0 Å². The molecule has 4 nitrogen and oxygen atoms in total. The minimum atomic E-state index is 0.529. The van der Waals surface area contributed by atoms with E-state index in [1.54, 1.807) is 11.3 Å². The smallest absolute Gasteiger partial charge is 0.134 e. The average Bonchev–Trinajstić information content (AvgIpc) is 2.70. The third-order valence-corrected chi connectivity index (χ3v) is 4.10. The van der Waals surface area contributed by atoms with Crippen molar-refractivity contribution in [2.45, 2.75) is 13.3 Å². The molecule has 0 saturated carbocycles. The van der Waals surface area contributed by atoms with Crippen LogP contribution >= 0.6 is 27.3 Å². The molecule has 6 heteroatoms. The van der Waals surface area contributed by atoms with Crippen LogP contribution in [0.3, 0.4) is 0 Å². The fourth-order valence-electron chi connectivity index (χ4n) is 1.43. The van der Waals surface area contributed by atoms with Crippen LogP contribution in [0, 0.1) is 6.92 Å². The lowest BCUT2D eigenvalue weighted by molar-refractivity contribution is 1.01. The van der Waals surface area contributed by atoms with Crippen molar-refractivity contribution in [3.05, 3.63) is 32.7 Å². The molecule has 0 aliphatic rings. The molecule has 0 amide bonds. The summed E-state index contributed by atoms with van der Waals surface area (Å²) in [5.74, 6) is 1.34. The van der Waals surface area contributed by atoms with E-state index in [0.29, 0.717) is 5.82 Å². The summed E-state index contributed by atoms with van der Waals surface area (Å²) in [5, 5.41) is 3.27. The molecular formula is C11H13BrN4S. The number of nitrogens with one attached hydrogen (secondary N) is 1. The Morgan fingerprint density at radius 1 is 1.41 bits per heavy atom. The first-order chi connectivity index (χ1) is 8.16. The van der Waals surface area contributed by atoms with Gasteiger partial charge in [-0.1, -0.05) is 0 Å². The second-order valence-corrected chi connectivity index (χ2v) is 6.16. The van der Waals surface area contributed by atoms with E-state index >= 15 is 0 Å². The second kappa shape index (κ2) is 5.46. The van der Waals surface area contributed by atoms with Crippen molar-refractivity contribution < 1.29 is 0 Å². The van der Waals surface area contributed by atoms with Crippen LogP contribution in [0.4, 0.5) is 11.6 Å². The van der Waals surface area contributed by atoms with Gasteiger partial charge >= 0.3 is 0 Å². The Hall–Kier alpha value is -1.14. The molecule has 2 aromatic rings. The van der Waals surface area contributed by atoms with Gasteiger partial charge in [-0.25, -0.2) is 9.97 Å². The third kappa shape index (κ3) is 3.17. The zero-order valence-corrected chi connectivity index (χ0v) is 11.8. The predicted molar refractivity (Wildman–Crippen MR) is 75.4 cm³/mol. The molecule has 0 unspecified atom stereocenters. The van der Waals surface area contributed by atoms with Crippen LogP contribution in [0.15, 0.2) is 22.2 Å². The summed E-state index contributed by atoms with van der Waals surface area (Å²) in [7, 11) is 0. The third-order valence-electron chi connectivity index (χ3n) is 2.42. The first-order valence-electron chi connectivity index (χ1n) is 5.22. The maximum atomic E-state index is 5.71. The molecule has 0 saturated heterocycles. The lowest BCUT2D eigenvalue weighted by Gasteiger charge is -2.08. The first-order valence-corrected chi connectivity index (χ1v) is 6.83. The van der Waals surface area contributed by atoms with Crippen LogP contribution in [0.5, 0.6) is 0 Å². The summed E-state index contributed by atoms with van der Waals surface area (Å²) in [6.45, 7) is 2.75. The molecule has 2 aromatic heterocycles. The SMILES string of the molecule is Cc1c(N)ncnc1NCCc1ccc(Br)s1. The molecule has 0 spiro atoms. The minimum Gasteiger partial charge on any atom is -0.383 e. The van der Waals surface area contributed by atoms with Gasteiger partial charge in [-0.2, -0.15) is 0 Å². The van der Waals surface area contributed by atoms with Crippen LogP contribution in [-0.4, -0.2) is 16.5 Å². The van der Waals surface area contributed by atoms with Gasteiger partial charge in [0.25, 0.3) is 0 Å². The van der Waals surface area contributed by atoms with Crippen LogP contribution in [-0.2, 0) is 6.42 Å². The van der Waals surface area contributed by atoms with Gasteiger partial charge in [0.05, 0.1) is 3.79 Å². The van der Waals surface area contributed by atoms with Crippen molar-refractivity contribution in [2.24, 2.45) is 0 Å². The fraction of sp³-hybridized carbons (Fsp3) is 0.273. The summed E-state index contributed by atoms with van der Waals surface area (Å²) in [5.41, 5.74) is 6.61. The number of nitrogens with two attached hydrogens (primary N) is 1. The van der Waals surface area contributed by atoms with E-state index < -0.39 is 0 Å². The molecule has 0 aliphatic heterocycles. The number of hydrogen-bond acceptors (Lipinski definition) is 5. The Balaban J connectivity index is 1.92. The van der Waals surface area contributed by atoms with E-state index in [2.05, 4.69) is 43.3 Å². The Morgan fingerprint density at radius 2 is 2.24 bits per heavy atom. The van der Waals surface area contributed by atoms with Crippen molar-refractivity contribution >= 4 is 38.9 Å². The summed E-state index contributed by atoms with van der Waals surface area (Å²) in [6, 6.07) is 4.19. The Labute approximate surface area is 112 Å². The van der Waals surface area contributed by atoms with Gasteiger partial charge < -0.3 is 11.1 Å². The molecule has 2 rings (SSSR count). The van der Waals surface area contributed by atoms with Crippen LogP contribution in [0.1, 0.15) is 10.4 Å². The number of thiophene rings is 1. The van der Waals surface area contributed by atoms with Crippen molar-refractivity contribution in [2.75, 3.05) is 17.6 Å². The van der Waals surface area contributed by atoms with Gasteiger partial charge in [0, 0.05) is 17.0 Å². The van der Waals surface area contributed by atoms with Crippen LogP contribution in [0.2, 0.25) is 0 Å². The normalized spacial score (nSPS) is 10.5. The lowest BCUT2D eigenvalue weighted by atomic mass is 10.3. The molecule has 0 atom stereocenters. The minimum absolute atomic E-state index is 0.529. The van der Waals surface area contributed by atoms with E-state index in [4.69, 9.17) is 5.73 Å². The number of aromatic nitrogens is 2. The molecule has 90 valence electrons. The standard InChI is InChI=1S/C11H13BrN4S/c1-7-10(13)15-6-16-11(7)14-5-4-8-2-3-9(12)17-8/h2-3,6H,4-5H2,1H3,(H3,13,14,15,16). The quantitative estimate of drug-likeness (QED) is 0.911. The maximum absolute atomic E-state index is 5.71. The van der Waals surface area contributed by atoms with E-state index in [0.717, 1.165) is 28.1 Å². The lowest BCUT2D eigenvalue weighted by Crippen LogP contribution is -2.08. The highest BCUT2D eigenvalue weighted by atomic mass is 79.9. The molecule has 0 bridgehead atoms. The van der Waals surface area contributed by atoms with E-state index in [9.17, 15) is 0 Å².